The molecule has 176 valence electrons. The van der Waals surface area contributed by atoms with Crippen LogP contribution in [0.15, 0.2) is 77.9 Å². The van der Waals surface area contributed by atoms with E-state index in [4.69, 9.17) is 25.8 Å². The Morgan fingerprint density at radius 1 is 0.941 bits per heavy atom. The lowest BCUT2D eigenvalue weighted by Crippen LogP contribution is -2.24. The zero-order valence-corrected chi connectivity index (χ0v) is 19.5. The van der Waals surface area contributed by atoms with Crippen LogP contribution in [0.4, 0.5) is 0 Å². The van der Waals surface area contributed by atoms with Crippen LogP contribution in [0.1, 0.15) is 35.7 Å². The maximum Gasteiger partial charge on any atom is 0.343 e. The van der Waals surface area contributed by atoms with E-state index >= 15 is 0 Å². The van der Waals surface area contributed by atoms with E-state index in [0.29, 0.717) is 34.3 Å². The number of esters is 1. The van der Waals surface area contributed by atoms with Crippen molar-refractivity contribution in [2.75, 3.05) is 13.2 Å². The van der Waals surface area contributed by atoms with E-state index in [2.05, 4.69) is 17.5 Å². The number of unbranched alkanes of at least 4 members (excludes halogenated alkanes) is 1. The zero-order valence-electron chi connectivity index (χ0n) is 18.7. The Morgan fingerprint density at radius 2 is 1.68 bits per heavy atom. The van der Waals surface area contributed by atoms with Gasteiger partial charge in [-0.3, -0.25) is 4.79 Å². The van der Waals surface area contributed by atoms with Gasteiger partial charge in [0.25, 0.3) is 5.91 Å². The number of nitrogens with one attached hydrogen (secondary N) is 1. The van der Waals surface area contributed by atoms with Gasteiger partial charge in [-0.05, 0) is 78.7 Å². The molecule has 0 aliphatic carbocycles. The number of hydrazone groups is 1. The van der Waals surface area contributed by atoms with Crippen LogP contribution in [-0.4, -0.2) is 31.3 Å². The molecule has 0 aliphatic heterocycles. The highest BCUT2D eigenvalue weighted by molar-refractivity contribution is 6.30. The standard InChI is InChI=1S/C26H25ClN2O5/c1-2-3-15-32-22-13-9-20(10-14-22)26(31)34-23-11-7-19(8-12-23)17-28-29-25(30)18-33-24-6-4-5-21(27)16-24/h4-14,16-17H,2-3,15,18H2,1H3,(H,29,30)/b28-17-. The van der Waals surface area contributed by atoms with Crippen molar-refractivity contribution >= 4 is 29.7 Å². The minimum atomic E-state index is -0.464. The van der Waals surface area contributed by atoms with Crippen LogP contribution in [0.5, 0.6) is 17.2 Å². The first-order valence-electron chi connectivity index (χ1n) is 10.8. The van der Waals surface area contributed by atoms with E-state index < -0.39 is 11.9 Å². The summed E-state index contributed by atoms with van der Waals surface area (Å²) < 4.78 is 16.3. The van der Waals surface area contributed by atoms with Gasteiger partial charge in [-0.1, -0.05) is 31.0 Å². The third-order valence-corrected chi connectivity index (χ3v) is 4.75. The number of hydrogen-bond donors (Lipinski definition) is 1. The van der Waals surface area contributed by atoms with Crippen LogP contribution in [0.3, 0.4) is 0 Å². The van der Waals surface area contributed by atoms with Gasteiger partial charge in [0.2, 0.25) is 0 Å². The summed E-state index contributed by atoms with van der Waals surface area (Å²) in [5, 5.41) is 4.42. The van der Waals surface area contributed by atoms with Crippen molar-refractivity contribution in [1.82, 2.24) is 5.43 Å². The summed E-state index contributed by atoms with van der Waals surface area (Å²) >= 11 is 5.87. The fraction of sp³-hybridized carbons (Fsp3) is 0.192. The lowest BCUT2D eigenvalue weighted by atomic mass is 10.2. The molecule has 0 bridgehead atoms. The average molecular weight is 481 g/mol. The molecular weight excluding hydrogens is 456 g/mol. The molecule has 0 aromatic heterocycles. The molecule has 3 rings (SSSR count). The average Bonchev–Trinajstić information content (AvgIpc) is 2.84. The van der Waals surface area contributed by atoms with Crippen molar-refractivity contribution in [2.45, 2.75) is 19.8 Å². The first kappa shape index (κ1) is 24.8. The quantitative estimate of drug-likeness (QED) is 0.133. The first-order valence-corrected chi connectivity index (χ1v) is 11.2. The van der Waals surface area contributed by atoms with E-state index in [1.807, 2.05) is 0 Å². The van der Waals surface area contributed by atoms with Gasteiger partial charge in [-0.15, -0.1) is 0 Å². The Balaban J connectivity index is 1.43. The predicted molar refractivity (Wildman–Crippen MR) is 131 cm³/mol. The molecule has 3 aromatic rings. The van der Waals surface area contributed by atoms with Crippen LogP contribution in [0.2, 0.25) is 5.02 Å². The number of carbonyl (C=O) groups is 2. The van der Waals surface area contributed by atoms with Gasteiger partial charge in [0, 0.05) is 5.02 Å². The maximum atomic E-state index is 12.3. The number of amides is 1. The van der Waals surface area contributed by atoms with Crippen LogP contribution >= 0.6 is 11.6 Å². The van der Waals surface area contributed by atoms with Gasteiger partial charge in [0.1, 0.15) is 17.2 Å². The second-order valence-corrected chi connectivity index (χ2v) is 7.66. The molecule has 8 heteroatoms. The Labute approximate surface area is 203 Å². The van der Waals surface area contributed by atoms with Gasteiger partial charge < -0.3 is 14.2 Å². The summed E-state index contributed by atoms with van der Waals surface area (Å²) in [6, 6.07) is 20.3. The molecule has 3 aromatic carbocycles. The highest BCUT2D eigenvalue weighted by Gasteiger charge is 2.09. The number of nitrogens with zero attached hydrogens (tertiary/aromatic N) is 1. The summed E-state index contributed by atoms with van der Waals surface area (Å²) in [5.41, 5.74) is 3.52. The van der Waals surface area contributed by atoms with Gasteiger partial charge in [0.05, 0.1) is 18.4 Å². The van der Waals surface area contributed by atoms with Crippen LogP contribution in [-0.2, 0) is 4.79 Å². The molecule has 0 aliphatic rings. The lowest BCUT2D eigenvalue weighted by Gasteiger charge is -2.07. The highest BCUT2D eigenvalue weighted by atomic mass is 35.5. The molecule has 0 saturated heterocycles. The van der Waals surface area contributed by atoms with E-state index in [1.54, 1.807) is 72.8 Å². The van der Waals surface area contributed by atoms with Crippen LogP contribution in [0.25, 0.3) is 0 Å². The highest BCUT2D eigenvalue weighted by Crippen LogP contribution is 2.18. The van der Waals surface area contributed by atoms with E-state index in [1.165, 1.54) is 6.21 Å². The molecular formula is C26H25ClN2O5. The minimum absolute atomic E-state index is 0.196. The molecule has 0 saturated carbocycles. The van der Waals surface area contributed by atoms with Gasteiger partial charge in [-0.2, -0.15) is 5.10 Å². The fourth-order valence-corrected chi connectivity index (χ4v) is 2.91. The van der Waals surface area contributed by atoms with Gasteiger partial charge in [0.15, 0.2) is 6.61 Å². The molecule has 1 N–H and O–H groups in total. The summed E-state index contributed by atoms with van der Waals surface area (Å²) in [7, 11) is 0. The molecule has 0 fully saturated rings. The monoisotopic (exact) mass is 480 g/mol. The molecule has 34 heavy (non-hydrogen) atoms. The molecule has 0 spiro atoms. The molecule has 0 heterocycles. The third kappa shape index (κ3) is 8.26. The topological polar surface area (TPSA) is 86.2 Å². The Kier molecular flexibility index (Phi) is 9.49. The SMILES string of the molecule is CCCCOc1ccc(C(=O)Oc2ccc(/C=N\NC(=O)COc3cccc(Cl)c3)cc2)cc1. The number of carbonyl (C=O) groups excluding carboxylic acids is 2. The van der Waals surface area contributed by atoms with Crippen molar-refractivity contribution in [3.05, 3.63) is 88.9 Å². The van der Waals surface area contributed by atoms with E-state index in [9.17, 15) is 9.59 Å². The summed E-state index contributed by atoms with van der Waals surface area (Å²) in [6.07, 6.45) is 3.51. The van der Waals surface area contributed by atoms with Crippen molar-refractivity contribution in [1.29, 1.82) is 0 Å². The molecule has 1 amide bonds. The molecule has 0 unspecified atom stereocenters. The molecule has 0 radical (unpaired) electrons. The fourth-order valence-electron chi connectivity index (χ4n) is 2.73. The molecule has 7 nitrogen and oxygen atoms in total. The number of rotatable bonds is 11. The zero-order chi connectivity index (χ0) is 24.2. The smallest absolute Gasteiger partial charge is 0.343 e. The number of halogens is 1. The Bertz CT molecular complexity index is 1110. The van der Waals surface area contributed by atoms with Gasteiger partial charge in [-0.25, -0.2) is 10.2 Å². The Hall–Kier alpha value is -3.84. The Morgan fingerprint density at radius 3 is 2.38 bits per heavy atom. The van der Waals surface area contributed by atoms with Crippen molar-refractivity contribution in [3.63, 3.8) is 0 Å². The predicted octanol–water partition coefficient (Wildman–Crippen LogP) is 5.27. The molecule has 0 atom stereocenters. The minimum Gasteiger partial charge on any atom is -0.494 e. The normalized spacial score (nSPS) is 10.6. The van der Waals surface area contributed by atoms with E-state index in [-0.39, 0.29) is 6.61 Å². The largest absolute Gasteiger partial charge is 0.494 e. The van der Waals surface area contributed by atoms with Crippen LogP contribution in [0, 0.1) is 0 Å². The van der Waals surface area contributed by atoms with E-state index in [0.717, 1.165) is 18.6 Å². The van der Waals surface area contributed by atoms with Crippen molar-refractivity contribution in [2.24, 2.45) is 5.10 Å². The number of benzene rings is 3. The third-order valence-electron chi connectivity index (χ3n) is 4.52. The van der Waals surface area contributed by atoms with Crippen LogP contribution < -0.4 is 19.6 Å². The maximum absolute atomic E-state index is 12.3. The summed E-state index contributed by atoms with van der Waals surface area (Å²) in [6.45, 7) is 2.55. The summed E-state index contributed by atoms with van der Waals surface area (Å²) in [4.78, 5) is 24.2. The summed E-state index contributed by atoms with van der Waals surface area (Å²) in [5.74, 6) is 0.728. The number of ether oxygens (including phenoxy) is 3. The van der Waals surface area contributed by atoms with Crippen molar-refractivity contribution in [3.8, 4) is 17.2 Å². The number of hydrogen-bond acceptors (Lipinski definition) is 6. The second kappa shape index (κ2) is 13.0. The first-order chi connectivity index (χ1) is 16.5. The lowest BCUT2D eigenvalue weighted by molar-refractivity contribution is -0.123. The van der Waals surface area contributed by atoms with Gasteiger partial charge >= 0.3 is 5.97 Å². The second-order valence-electron chi connectivity index (χ2n) is 7.22. The van der Waals surface area contributed by atoms with Crippen molar-refractivity contribution < 1.29 is 23.8 Å².